The van der Waals surface area contributed by atoms with Crippen LogP contribution in [0.25, 0.3) is 0 Å². The Labute approximate surface area is 138 Å². The van der Waals surface area contributed by atoms with Crippen molar-refractivity contribution < 1.29 is 29.1 Å². The van der Waals surface area contributed by atoms with Crippen molar-refractivity contribution in [2.45, 2.75) is 25.7 Å². The largest absolute Gasteiger partial charge is 0.476 e. The number of aliphatic carboxylic acids is 1. The van der Waals surface area contributed by atoms with Crippen LogP contribution in [0.4, 0.5) is 0 Å². The number of hydrogen-bond acceptors (Lipinski definition) is 7. The highest BCUT2D eigenvalue weighted by atomic mass is 16.4. The quantitative estimate of drug-likeness (QED) is 0.0955. The average molecular weight is 346 g/mol. The second-order valence-corrected chi connectivity index (χ2v) is 3.84. The number of aldehydes is 1. The number of carboxylic acids is 1. The predicted molar refractivity (Wildman–Crippen MR) is 83.5 cm³/mol. The van der Waals surface area contributed by atoms with Crippen LogP contribution >= 0.6 is 0 Å². The molecule has 0 atom stereocenters. The number of guanidine groups is 2. The molecule has 0 aliphatic rings. The van der Waals surface area contributed by atoms with Crippen molar-refractivity contribution in [3.63, 3.8) is 0 Å². The number of carbonyl (C=O) groups excluding carboxylic acids is 4. The van der Waals surface area contributed by atoms with Gasteiger partial charge in [0.05, 0.1) is 0 Å². The first-order valence-electron chi connectivity index (χ1n) is 6.52. The molecular weight excluding hydrogens is 324 g/mol. The summed E-state index contributed by atoms with van der Waals surface area (Å²) in [6, 6.07) is 0. The van der Waals surface area contributed by atoms with Gasteiger partial charge in [-0.05, 0) is 12.8 Å². The smallest absolute Gasteiger partial charge is 0.373 e. The molecule has 0 aromatic heterocycles. The van der Waals surface area contributed by atoms with E-state index < -0.39 is 11.8 Å². The Morgan fingerprint density at radius 1 is 0.958 bits per heavy atom. The van der Waals surface area contributed by atoms with E-state index in [-0.39, 0.29) is 31.0 Å². The molecule has 12 heteroatoms. The summed E-state index contributed by atoms with van der Waals surface area (Å²) in [7, 11) is 0. The molecule has 9 N–H and O–H groups in total. The van der Waals surface area contributed by atoms with Gasteiger partial charge in [0, 0.05) is 25.9 Å². The molecular formula is C12H22N6O6. The maximum absolute atomic E-state index is 10.5. The number of hydrogen-bond donors (Lipinski definition) is 5. The molecule has 12 nitrogen and oxygen atoms in total. The van der Waals surface area contributed by atoms with Gasteiger partial charge >= 0.3 is 12.1 Å². The van der Waals surface area contributed by atoms with Crippen molar-refractivity contribution in [2.75, 3.05) is 13.1 Å². The van der Waals surface area contributed by atoms with E-state index in [0.29, 0.717) is 19.4 Å². The Hall–Kier alpha value is -3.27. The van der Waals surface area contributed by atoms with E-state index in [1.807, 2.05) is 0 Å². The van der Waals surface area contributed by atoms with Crippen LogP contribution in [-0.4, -0.2) is 54.3 Å². The van der Waals surface area contributed by atoms with E-state index in [1.165, 1.54) is 0 Å². The lowest BCUT2D eigenvalue weighted by Crippen LogP contribution is -2.23. The molecule has 24 heavy (non-hydrogen) atoms. The fourth-order valence-corrected chi connectivity index (χ4v) is 0.937. The molecule has 0 unspecified atom stereocenters. The van der Waals surface area contributed by atoms with Gasteiger partial charge in [-0.2, -0.15) is 9.59 Å². The van der Waals surface area contributed by atoms with Gasteiger partial charge in [-0.3, -0.25) is 14.8 Å². The Balaban J connectivity index is -0.000000324. The lowest BCUT2D eigenvalue weighted by Gasteiger charge is -1.93. The van der Waals surface area contributed by atoms with Crippen molar-refractivity contribution >= 4 is 36.1 Å². The van der Waals surface area contributed by atoms with Crippen molar-refractivity contribution in [1.82, 2.24) is 0 Å². The van der Waals surface area contributed by atoms with Gasteiger partial charge in [-0.15, -0.1) is 0 Å². The van der Waals surface area contributed by atoms with Crippen molar-refractivity contribution in [3.8, 4) is 0 Å². The summed E-state index contributed by atoms with van der Waals surface area (Å²) in [4.78, 5) is 53.7. The first kappa shape index (κ1) is 25.7. The molecule has 0 aliphatic carbocycles. The van der Waals surface area contributed by atoms with Crippen LogP contribution in [0.15, 0.2) is 9.98 Å². The topological polar surface area (TPSA) is 234 Å². The third kappa shape index (κ3) is 31.2. The maximum Gasteiger partial charge on any atom is 0.373 e. The molecule has 0 amide bonds. The number of aliphatic imine (C=N–C) groups is 2. The van der Waals surface area contributed by atoms with Crippen LogP contribution in [0.5, 0.6) is 0 Å². The second kappa shape index (κ2) is 19.7. The van der Waals surface area contributed by atoms with E-state index in [1.54, 1.807) is 0 Å². The highest BCUT2D eigenvalue weighted by molar-refractivity contribution is 6.32. The minimum atomic E-state index is -1.42. The number of nitrogens with zero attached hydrogens (tertiary/aromatic N) is 2. The fraction of sp³-hybridized carbons (Fsp3) is 0.500. The first-order valence-corrected chi connectivity index (χ1v) is 6.52. The number of carboxylic acid groups (broad SMARTS) is 1. The summed E-state index contributed by atoms with van der Waals surface area (Å²) in [5, 5.41) is 8.16. The van der Waals surface area contributed by atoms with Crippen LogP contribution in [0.3, 0.4) is 0 Å². The van der Waals surface area contributed by atoms with Gasteiger partial charge in [-0.25, -0.2) is 4.79 Å². The standard InChI is InChI=1S/C6H11N3O3.C5H11N3O.CO2/c7-6(8)9-3-1-2-4(10)5(11)12;6-5(7)8-3-1-2-4-9;2-1-3/h1-3H2,(H,11,12)(H4,7,8,9);4H,1-3H2,(H4,6,7,8);. The summed E-state index contributed by atoms with van der Waals surface area (Å²) in [6.45, 7) is 0.822. The molecule has 0 aromatic carbocycles. The van der Waals surface area contributed by atoms with E-state index in [0.717, 1.165) is 12.7 Å². The van der Waals surface area contributed by atoms with Gasteiger partial charge in [0.15, 0.2) is 11.9 Å². The van der Waals surface area contributed by atoms with Crippen LogP contribution in [0.1, 0.15) is 25.7 Å². The van der Waals surface area contributed by atoms with E-state index in [9.17, 15) is 14.4 Å². The molecule has 0 bridgehead atoms. The van der Waals surface area contributed by atoms with E-state index >= 15 is 0 Å². The Morgan fingerprint density at radius 3 is 1.71 bits per heavy atom. The zero-order chi connectivity index (χ0) is 19.4. The SMILES string of the molecule is NC(N)=NCCCC(=O)C(=O)O.NC(N)=NCCCC=O.O=C=O. The number of Topliss-reactive ketones (excluding diaryl/α,β-unsaturated/α-hetero) is 1. The third-order valence-electron chi connectivity index (χ3n) is 1.87. The van der Waals surface area contributed by atoms with Crippen molar-refractivity contribution in [3.05, 3.63) is 0 Å². The number of nitrogens with two attached hydrogens (primary N) is 4. The number of carbonyl (C=O) groups is 3. The van der Waals surface area contributed by atoms with Crippen LogP contribution in [0, 0.1) is 0 Å². The third-order valence-corrected chi connectivity index (χ3v) is 1.87. The normalized spacial score (nSPS) is 8.00. The van der Waals surface area contributed by atoms with Crippen molar-refractivity contribution in [1.29, 1.82) is 0 Å². The molecule has 136 valence electrons. The Bertz CT molecular complexity index is 463. The lowest BCUT2D eigenvalue weighted by molar-refractivity contribution is -0.191. The predicted octanol–water partition coefficient (Wildman–Crippen LogP) is -2.65. The summed E-state index contributed by atoms with van der Waals surface area (Å²) in [5.41, 5.74) is 20.0. The Kier molecular flexibility index (Phi) is 21.1. The number of ketones is 1. The minimum Gasteiger partial charge on any atom is -0.476 e. The number of unbranched alkanes of at least 4 members (excludes halogenated alkanes) is 1. The highest BCUT2D eigenvalue weighted by Gasteiger charge is 2.09. The summed E-state index contributed by atoms with van der Waals surface area (Å²) >= 11 is 0. The van der Waals surface area contributed by atoms with Gasteiger partial charge in [0.1, 0.15) is 6.29 Å². The molecule has 0 radical (unpaired) electrons. The minimum absolute atomic E-state index is 0.0356. The average Bonchev–Trinajstić information content (AvgIpc) is 2.49. The van der Waals surface area contributed by atoms with Gasteiger partial charge in [0.2, 0.25) is 5.78 Å². The molecule has 0 saturated carbocycles. The second-order valence-electron chi connectivity index (χ2n) is 3.84. The molecule has 0 rings (SSSR count). The van der Waals surface area contributed by atoms with E-state index in [4.69, 9.17) is 37.6 Å². The van der Waals surface area contributed by atoms with Gasteiger partial charge in [0.25, 0.3) is 0 Å². The molecule has 0 fully saturated rings. The monoisotopic (exact) mass is 346 g/mol. The van der Waals surface area contributed by atoms with Gasteiger partial charge in [-0.1, -0.05) is 0 Å². The maximum atomic E-state index is 10.5. The molecule has 0 spiro atoms. The molecule has 0 saturated heterocycles. The van der Waals surface area contributed by atoms with Crippen LogP contribution < -0.4 is 22.9 Å². The molecule has 0 aliphatic heterocycles. The fourth-order valence-electron chi connectivity index (χ4n) is 0.937. The first-order chi connectivity index (χ1) is 11.2. The van der Waals surface area contributed by atoms with Crippen molar-refractivity contribution in [2.24, 2.45) is 32.9 Å². The van der Waals surface area contributed by atoms with Gasteiger partial charge < -0.3 is 32.8 Å². The summed E-state index contributed by atoms with van der Waals surface area (Å²) < 4.78 is 0. The summed E-state index contributed by atoms with van der Waals surface area (Å²) in [5.74, 6) is -2.21. The zero-order valence-electron chi connectivity index (χ0n) is 13.0. The van der Waals surface area contributed by atoms with E-state index in [2.05, 4.69) is 9.98 Å². The highest BCUT2D eigenvalue weighted by Crippen LogP contribution is 1.91. The molecule has 0 heterocycles. The lowest BCUT2D eigenvalue weighted by atomic mass is 10.2. The number of rotatable bonds is 9. The zero-order valence-corrected chi connectivity index (χ0v) is 13.0. The van der Waals surface area contributed by atoms with Crippen LogP contribution in [0.2, 0.25) is 0 Å². The van der Waals surface area contributed by atoms with Crippen LogP contribution in [-0.2, 0) is 24.0 Å². The molecule has 0 aromatic rings. The Morgan fingerprint density at radius 2 is 1.38 bits per heavy atom. The summed E-state index contributed by atoms with van der Waals surface area (Å²) in [6.07, 6.45) is 2.66.